The Morgan fingerprint density at radius 3 is 2.19 bits per heavy atom. The Labute approximate surface area is 153 Å². The van der Waals surface area contributed by atoms with Crippen molar-refractivity contribution in [3.8, 4) is 0 Å². The van der Waals surface area contributed by atoms with Gasteiger partial charge >= 0.3 is 0 Å². The van der Waals surface area contributed by atoms with Gasteiger partial charge in [0, 0.05) is 5.69 Å². The molecule has 26 heavy (non-hydrogen) atoms. The summed E-state index contributed by atoms with van der Waals surface area (Å²) in [7, 11) is -3.69. The lowest BCUT2D eigenvalue weighted by molar-refractivity contribution is 0.601. The van der Waals surface area contributed by atoms with Crippen LogP contribution >= 0.6 is 0 Å². The Hall–Kier alpha value is -2.93. The fraction of sp³-hybridized carbons (Fsp3) is 0.158. The molecular weight excluding hydrogens is 348 g/mol. The molecule has 6 nitrogen and oxygen atoms in total. The molecule has 0 bridgehead atoms. The number of hydrogen-bond acceptors (Lipinski definition) is 5. The molecule has 0 saturated heterocycles. The Kier molecular flexibility index (Phi) is 4.90. The third-order valence-corrected chi connectivity index (χ3v) is 5.21. The zero-order valence-electron chi connectivity index (χ0n) is 14.8. The largest absolute Gasteiger partial charge is 0.339 e. The summed E-state index contributed by atoms with van der Waals surface area (Å²) in [6.45, 7) is 5.85. The standard InChI is InChI=1S/C19H20N4O2S/c1-13-5-4-6-16(11-13)26(24,25)23-19-10-9-18(21-22-19)20-17-12-14(2)7-8-15(17)3/h4-12H,1-3H3,(H,20,21)(H,22,23). The van der Waals surface area contributed by atoms with Crippen LogP contribution in [0.1, 0.15) is 16.7 Å². The number of benzene rings is 2. The Bertz CT molecular complexity index is 1030. The van der Waals surface area contributed by atoms with Crippen LogP contribution < -0.4 is 10.0 Å². The van der Waals surface area contributed by atoms with E-state index in [0.29, 0.717) is 5.82 Å². The van der Waals surface area contributed by atoms with Gasteiger partial charge in [-0.05, 0) is 67.8 Å². The van der Waals surface area contributed by atoms with Crippen molar-refractivity contribution in [2.24, 2.45) is 0 Å². The molecule has 1 heterocycles. The maximum Gasteiger partial charge on any atom is 0.263 e. The van der Waals surface area contributed by atoms with Crippen LogP contribution in [0.2, 0.25) is 0 Å². The third-order valence-electron chi connectivity index (χ3n) is 3.86. The fourth-order valence-corrected chi connectivity index (χ4v) is 3.54. The molecule has 0 saturated carbocycles. The minimum absolute atomic E-state index is 0.165. The number of nitrogens with one attached hydrogen (secondary N) is 2. The van der Waals surface area contributed by atoms with Gasteiger partial charge in [-0.2, -0.15) is 0 Å². The first-order chi connectivity index (χ1) is 12.3. The highest BCUT2D eigenvalue weighted by atomic mass is 32.2. The molecule has 0 aliphatic rings. The van der Waals surface area contributed by atoms with Crippen LogP contribution in [0.15, 0.2) is 59.5 Å². The van der Waals surface area contributed by atoms with Crippen molar-refractivity contribution in [1.29, 1.82) is 0 Å². The SMILES string of the molecule is Cc1cccc(S(=O)(=O)Nc2ccc(Nc3cc(C)ccc3C)nn2)c1. The van der Waals surface area contributed by atoms with Gasteiger partial charge in [0.15, 0.2) is 11.6 Å². The Morgan fingerprint density at radius 2 is 1.50 bits per heavy atom. The molecule has 0 radical (unpaired) electrons. The minimum Gasteiger partial charge on any atom is -0.339 e. The van der Waals surface area contributed by atoms with Crippen molar-refractivity contribution in [1.82, 2.24) is 10.2 Å². The number of aromatic nitrogens is 2. The van der Waals surface area contributed by atoms with Crippen molar-refractivity contribution >= 4 is 27.3 Å². The van der Waals surface area contributed by atoms with E-state index in [1.165, 1.54) is 0 Å². The van der Waals surface area contributed by atoms with E-state index in [1.807, 2.05) is 45.0 Å². The highest BCUT2D eigenvalue weighted by molar-refractivity contribution is 7.92. The van der Waals surface area contributed by atoms with Gasteiger partial charge in [0.05, 0.1) is 4.90 Å². The molecule has 2 aromatic carbocycles. The average Bonchev–Trinajstić information content (AvgIpc) is 2.60. The topological polar surface area (TPSA) is 84.0 Å². The highest BCUT2D eigenvalue weighted by Crippen LogP contribution is 2.21. The molecule has 0 unspecified atom stereocenters. The molecule has 3 aromatic rings. The van der Waals surface area contributed by atoms with E-state index in [0.717, 1.165) is 22.4 Å². The lowest BCUT2D eigenvalue weighted by Gasteiger charge is -2.10. The molecule has 0 aliphatic heterocycles. The van der Waals surface area contributed by atoms with Crippen molar-refractivity contribution in [2.45, 2.75) is 25.7 Å². The minimum atomic E-state index is -3.69. The van der Waals surface area contributed by atoms with Crippen LogP contribution in [-0.4, -0.2) is 18.6 Å². The fourth-order valence-electron chi connectivity index (χ4n) is 2.44. The van der Waals surface area contributed by atoms with Crippen molar-refractivity contribution in [3.05, 3.63) is 71.3 Å². The summed E-state index contributed by atoms with van der Waals surface area (Å²) in [6, 6.07) is 16.0. The van der Waals surface area contributed by atoms with Gasteiger partial charge in [-0.3, -0.25) is 4.72 Å². The zero-order valence-corrected chi connectivity index (χ0v) is 15.6. The van der Waals surface area contributed by atoms with E-state index in [4.69, 9.17) is 0 Å². The lowest BCUT2D eigenvalue weighted by atomic mass is 10.1. The summed E-state index contributed by atoms with van der Waals surface area (Å²) in [5.41, 5.74) is 4.02. The average molecular weight is 368 g/mol. The van der Waals surface area contributed by atoms with E-state index in [1.54, 1.807) is 30.3 Å². The van der Waals surface area contributed by atoms with E-state index in [9.17, 15) is 8.42 Å². The highest BCUT2D eigenvalue weighted by Gasteiger charge is 2.15. The van der Waals surface area contributed by atoms with Crippen LogP contribution in [0.4, 0.5) is 17.3 Å². The molecular formula is C19H20N4O2S. The molecule has 0 fully saturated rings. The summed E-state index contributed by atoms with van der Waals surface area (Å²) in [6.07, 6.45) is 0. The van der Waals surface area contributed by atoms with Gasteiger partial charge in [0.1, 0.15) is 0 Å². The molecule has 1 aromatic heterocycles. The van der Waals surface area contributed by atoms with Gasteiger partial charge in [-0.25, -0.2) is 8.42 Å². The number of nitrogens with zero attached hydrogens (tertiary/aromatic N) is 2. The summed E-state index contributed by atoms with van der Waals surface area (Å²) < 4.78 is 27.3. The van der Waals surface area contributed by atoms with Gasteiger partial charge in [-0.1, -0.05) is 24.3 Å². The van der Waals surface area contributed by atoms with Crippen molar-refractivity contribution in [2.75, 3.05) is 10.0 Å². The van der Waals surface area contributed by atoms with E-state index in [2.05, 4.69) is 20.2 Å². The first-order valence-corrected chi connectivity index (χ1v) is 9.59. The predicted octanol–water partition coefficient (Wildman–Crippen LogP) is 3.95. The normalized spacial score (nSPS) is 11.2. The summed E-state index contributed by atoms with van der Waals surface area (Å²) in [4.78, 5) is 0.192. The smallest absolute Gasteiger partial charge is 0.263 e. The molecule has 2 N–H and O–H groups in total. The third kappa shape index (κ3) is 4.18. The van der Waals surface area contributed by atoms with Crippen molar-refractivity contribution in [3.63, 3.8) is 0 Å². The molecule has 0 amide bonds. The number of aryl methyl sites for hydroxylation is 3. The van der Waals surface area contributed by atoms with E-state index < -0.39 is 10.0 Å². The second-order valence-electron chi connectivity index (χ2n) is 6.17. The molecule has 7 heteroatoms. The number of anilines is 3. The lowest BCUT2D eigenvalue weighted by Crippen LogP contribution is -2.14. The number of rotatable bonds is 5. The molecule has 0 spiro atoms. The quantitative estimate of drug-likeness (QED) is 0.712. The van der Waals surface area contributed by atoms with Crippen LogP contribution in [-0.2, 0) is 10.0 Å². The maximum absolute atomic E-state index is 12.4. The van der Waals surface area contributed by atoms with E-state index >= 15 is 0 Å². The first kappa shape index (κ1) is 17.9. The maximum atomic E-state index is 12.4. The van der Waals surface area contributed by atoms with Crippen LogP contribution in [0.3, 0.4) is 0 Å². The van der Waals surface area contributed by atoms with Crippen LogP contribution in [0.5, 0.6) is 0 Å². The molecule has 3 rings (SSSR count). The summed E-state index contributed by atoms with van der Waals surface area (Å²) >= 11 is 0. The molecule has 0 aliphatic carbocycles. The van der Waals surface area contributed by atoms with E-state index in [-0.39, 0.29) is 10.7 Å². The van der Waals surface area contributed by atoms with Crippen LogP contribution in [0, 0.1) is 20.8 Å². The molecule has 134 valence electrons. The van der Waals surface area contributed by atoms with Gasteiger partial charge in [-0.15, -0.1) is 10.2 Å². The summed E-state index contributed by atoms with van der Waals surface area (Å²) in [5.74, 6) is 0.704. The van der Waals surface area contributed by atoms with Gasteiger partial charge in [0.2, 0.25) is 0 Å². The first-order valence-electron chi connectivity index (χ1n) is 8.11. The second kappa shape index (κ2) is 7.13. The van der Waals surface area contributed by atoms with Crippen LogP contribution in [0.25, 0.3) is 0 Å². The monoisotopic (exact) mass is 368 g/mol. The summed E-state index contributed by atoms with van der Waals surface area (Å²) in [5, 5.41) is 11.2. The number of sulfonamides is 1. The number of hydrogen-bond donors (Lipinski definition) is 2. The predicted molar refractivity (Wildman–Crippen MR) is 103 cm³/mol. The second-order valence-corrected chi connectivity index (χ2v) is 7.85. The Balaban J connectivity index is 1.76. The van der Waals surface area contributed by atoms with Gasteiger partial charge in [0.25, 0.3) is 10.0 Å². The molecule has 0 atom stereocenters. The zero-order chi connectivity index (χ0) is 18.7. The van der Waals surface area contributed by atoms with Crippen molar-refractivity contribution < 1.29 is 8.42 Å². The van der Waals surface area contributed by atoms with Gasteiger partial charge < -0.3 is 5.32 Å². The Morgan fingerprint density at radius 1 is 0.808 bits per heavy atom.